The number of anilines is 1. The topological polar surface area (TPSA) is 121 Å². The van der Waals surface area contributed by atoms with E-state index in [0.29, 0.717) is 12.2 Å². The van der Waals surface area contributed by atoms with Gasteiger partial charge in [-0.1, -0.05) is 30.3 Å². The SMILES string of the molecule is Cc1c(Br)c([N+](=O)[O-])nn1CC(=O)Nc1ncn(Cc2ccccc2)n1. The molecule has 0 saturated heterocycles. The van der Waals surface area contributed by atoms with Crippen molar-refractivity contribution in [3.8, 4) is 0 Å². The lowest BCUT2D eigenvalue weighted by molar-refractivity contribution is -0.390. The second kappa shape index (κ2) is 7.44. The van der Waals surface area contributed by atoms with E-state index in [9.17, 15) is 14.9 Å². The van der Waals surface area contributed by atoms with Gasteiger partial charge in [0.05, 0.1) is 17.3 Å². The number of amides is 1. The molecule has 0 radical (unpaired) electrons. The molecule has 0 aliphatic carbocycles. The predicted octanol–water partition coefficient (Wildman–Crippen LogP) is 2.14. The van der Waals surface area contributed by atoms with Gasteiger partial charge in [-0.05, 0) is 33.3 Å². The zero-order valence-electron chi connectivity index (χ0n) is 13.7. The first kappa shape index (κ1) is 17.7. The standard InChI is InChI=1S/C15H14BrN7O3/c1-10-13(16)14(23(25)26)19-22(10)8-12(24)18-15-17-9-21(20-15)7-11-5-3-2-4-6-11/h2-6,9H,7-8H2,1H3,(H,18,20,24). The number of hydrogen-bond acceptors (Lipinski definition) is 6. The van der Waals surface area contributed by atoms with Crippen molar-refractivity contribution in [2.45, 2.75) is 20.0 Å². The van der Waals surface area contributed by atoms with Crippen molar-refractivity contribution in [2.24, 2.45) is 0 Å². The number of rotatable bonds is 6. The number of carbonyl (C=O) groups excluding carboxylic acids is 1. The Labute approximate surface area is 156 Å². The molecule has 2 aromatic heterocycles. The smallest absolute Gasteiger partial charge is 0.358 e. The van der Waals surface area contributed by atoms with E-state index in [1.54, 1.807) is 11.6 Å². The molecule has 0 spiro atoms. The molecule has 0 aliphatic heterocycles. The predicted molar refractivity (Wildman–Crippen MR) is 95.5 cm³/mol. The summed E-state index contributed by atoms with van der Waals surface area (Å²) in [6.45, 7) is 1.97. The second-order valence-electron chi connectivity index (χ2n) is 5.44. The van der Waals surface area contributed by atoms with Crippen molar-refractivity contribution in [2.75, 3.05) is 5.32 Å². The highest BCUT2D eigenvalue weighted by Gasteiger charge is 2.24. The first-order chi connectivity index (χ1) is 12.4. The van der Waals surface area contributed by atoms with Gasteiger partial charge in [-0.2, -0.15) is 4.68 Å². The van der Waals surface area contributed by atoms with Gasteiger partial charge < -0.3 is 10.1 Å². The molecule has 0 fully saturated rings. The van der Waals surface area contributed by atoms with Crippen LogP contribution in [0.3, 0.4) is 0 Å². The molecule has 1 aromatic carbocycles. The highest BCUT2D eigenvalue weighted by atomic mass is 79.9. The molecular weight excluding hydrogens is 406 g/mol. The molecule has 26 heavy (non-hydrogen) atoms. The average molecular weight is 420 g/mol. The lowest BCUT2D eigenvalue weighted by Gasteiger charge is -2.01. The molecule has 3 aromatic rings. The lowest BCUT2D eigenvalue weighted by Crippen LogP contribution is -2.21. The van der Waals surface area contributed by atoms with Crippen LogP contribution in [0.1, 0.15) is 11.3 Å². The monoisotopic (exact) mass is 419 g/mol. The van der Waals surface area contributed by atoms with Gasteiger partial charge in [0, 0.05) is 0 Å². The Balaban J connectivity index is 1.64. The van der Waals surface area contributed by atoms with E-state index in [1.807, 2.05) is 30.3 Å². The normalized spacial score (nSPS) is 10.7. The van der Waals surface area contributed by atoms with Crippen LogP contribution in [-0.4, -0.2) is 35.4 Å². The zero-order chi connectivity index (χ0) is 18.7. The zero-order valence-corrected chi connectivity index (χ0v) is 15.3. The molecule has 134 valence electrons. The Kier molecular flexibility index (Phi) is 5.07. The minimum Gasteiger partial charge on any atom is -0.358 e. The molecule has 3 rings (SSSR count). The maximum Gasteiger partial charge on any atom is 0.404 e. The summed E-state index contributed by atoms with van der Waals surface area (Å²) in [5.41, 5.74) is 1.54. The summed E-state index contributed by atoms with van der Waals surface area (Å²) in [4.78, 5) is 26.5. The summed E-state index contributed by atoms with van der Waals surface area (Å²) in [6.07, 6.45) is 1.52. The highest BCUT2D eigenvalue weighted by Crippen LogP contribution is 2.26. The number of benzene rings is 1. The molecule has 0 bridgehead atoms. The number of carbonyl (C=O) groups is 1. The molecule has 0 saturated carbocycles. The second-order valence-corrected chi connectivity index (χ2v) is 6.23. The maximum absolute atomic E-state index is 12.1. The van der Waals surface area contributed by atoms with Gasteiger partial charge in [0.15, 0.2) is 0 Å². The van der Waals surface area contributed by atoms with Crippen LogP contribution in [0.5, 0.6) is 0 Å². The number of halogens is 1. The Hall–Kier alpha value is -3.08. The van der Waals surface area contributed by atoms with E-state index in [4.69, 9.17) is 0 Å². The summed E-state index contributed by atoms with van der Waals surface area (Å²) >= 11 is 3.11. The number of hydrogen-bond donors (Lipinski definition) is 1. The molecule has 1 amide bonds. The van der Waals surface area contributed by atoms with Crippen molar-refractivity contribution in [1.29, 1.82) is 0 Å². The molecule has 10 nitrogen and oxygen atoms in total. The third-order valence-electron chi connectivity index (χ3n) is 3.56. The fourth-order valence-corrected chi connectivity index (χ4v) is 2.71. The van der Waals surface area contributed by atoms with Crippen molar-refractivity contribution in [1.82, 2.24) is 24.5 Å². The fourth-order valence-electron chi connectivity index (χ4n) is 2.28. The van der Waals surface area contributed by atoms with Gasteiger partial charge in [-0.3, -0.25) is 10.1 Å². The molecule has 0 unspecified atom stereocenters. The van der Waals surface area contributed by atoms with Crippen LogP contribution in [0.15, 0.2) is 41.1 Å². The molecule has 0 atom stereocenters. The van der Waals surface area contributed by atoms with E-state index in [0.717, 1.165) is 5.56 Å². The molecular formula is C15H14BrN7O3. The molecule has 0 aliphatic rings. The third kappa shape index (κ3) is 3.94. The van der Waals surface area contributed by atoms with Crippen molar-refractivity contribution >= 4 is 33.6 Å². The maximum atomic E-state index is 12.1. The Morgan fingerprint density at radius 2 is 2.04 bits per heavy atom. The Morgan fingerprint density at radius 1 is 1.31 bits per heavy atom. The van der Waals surface area contributed by atoms with Crippen LogP contribution in [0.25, 0.3) is 0 Å². The average Bonchev–Trinajstić information content (AvgIpc) is 3.15. The van der Waals surface area contributed by atoms with Crippen LogP contribution in [-0.2, 0) is 17.9 Å². The van der Waals surface area contributed by atoms with Crippen molar-refractivity contribution in [3.05, 3.63) is 62.5 Å². The summed E-state index contributed by atoms with van der Waals surface area (Å²) < 4.78 is 3.10. The van der Waals surface area contributed by atoms with E-state index in [1.165, 1.54) is 11.0 Å². The van der Waals surface area contributed by atoms with E-state index in [-0.39, 0.29) is 22.8 Å². The van der Waals surface area contributed by atoms with Crippen LogP contribution >= 0.6 is 15.9 Å². The van der Waals surface area contributed by atoms with Crippen molar-refractivity contribution < 1.29 is 9.72 Å². The Morgan fingerprint density at radius 3 is 2.69 bits per heavy atom. The highest BCUT2D eigenvalue weighted by molar-refractivity contribution is 9.10. The van der Waals surface area contributed by atoms with E-state index >= 15 is 0 Å². The first-order valence-corrected chi connectivity index (χ1v) is 8.34. The fraction of sp³-hybridized carbons (Fsp3) is 0.200. The Bertz CT molecular complexity index is 952. The number of nitrogens with zero attached hydrogens (tertiary/aromatic N) is 6. The lowest BCUT2D eigenvalue weighted by atomic mass is 10.2. The largest absolute Gasteiger partial charge is 0.404 e. The molecule has 11 heteroatoms. The minimum atomic E-state index is -0.613. The third-order valence-corrected chi connectivity index (χ3v) is 4.49. The van der Waals surface area contributed by atoms with Crippen molar-refractivity contribution in [3.63, 3.8) is 0 Å². The summed E-state index contributed by atoms with van der Waals surface area (Å²) in [6, 6.07) is 9.71. The van der Waals surface area contributed by atoms with Crippen LogP contribution < -0.4 is 5.32 Å². The van der Waals surface area contributed by atoms with Gasteiger partial charge in [-0.15, -0.1) is 5.10 Å². The van der Waals surface area contributed by atoms with Gasteiger partial charge in [-0.25, -0.2) is 9.67 Å². The van der Waals surface area contributed by atoms with E-state index < -0.39 is 10.8 Å². The molecule has 2 heterocycles. The summed E-state index contributed by atoms with van der Waals surface area (Å²) in [7, 11) is 0. The van der Waals surface area contributed by atoms with Crippen LogP contribution in [0.2, 0.25) is 0 Å². The van der Waals surface area contributed by atoms with Gasteiger partial charge in [0.2, 0.25) is 5.95 Å². The quantitative estimate of drug-likeness (QED) is 0.482. The summed E-state index contributed by atoms with van der Waals surface area (Å²) in [5.74, 6) is -0.611. The van der Waals surface area contributed by atoms with Gasteiger partial charge >= 0.3 is 5.82 Å². The molecule has 1 N–H and O–H groups in total. The summed E-state index contributed by atoms with van der Waals surface area (Å²) in [5, 5.41) is 21.4. The number of nitro groups is 1. The van der Waals surface area contributed by atoms with Gasteiger partial charge in [0.1, 0.15) is 17.3 Å². The first-order valence-electron chi connectivity index (χ1n) is 7.54. The number of nitrogens with one attached hydrogen (secondary N) is 1. The van der Waals surface area contributed by atoms with Crippen LogP contribution in [0.4, 0.5) is 11.8 Å². The van der Waals surface area contributed by atoms with Gasteiger partial charge in [0.25, 0.3) is 5.91 Å². The number of aromatic nitrogens is 5. The van der Waals surface area contributed by atoms with E-state index in [2.05, 4.69) is 36.4 Å². The minimum absolute atomic E-state index is 0.157. The van der Waals surface area contributed by atoms with Crippen LogP contribution in [0, 0.1) is 17.0 Å².